The zero-order valence-electron chi connectivity index (χ0n) is 36.6. The van der Waals surface area contributed by atoms with Gasteiger partial charge < -0.3 is 18.8 Å². The third kappa shape index (κ3) is 5.35. The van der Waals surface area contributed by atoms with Crippen molar-refractivity contribution in [2.24, 2.45) is 0 Å². The Hall–Kier alpha value is -7.56. The SMILES string of the molecule is CC(C)c1ccc(N(c2ccccc2)c2ccc3c4cccc5c4n(c3c2)[C@H]2C=c3c(n4c6cc(N(c7ccccc7)c7ccc(C(C)C)cc7)ccc6c6cccc3c64)=CC52)cc1. The number of nitrogens with zero attached hydrogens (tertiary/aromatic N) is 4. The van der Waals surface area contributed by atoms with Crippen molar-refractivity contribution < 1.29 is 0 Å². The van der Waals surface area contributed by atoms with Gasteiger partial charge in [0.25, 0.3) is 0 Å². The van der Waals surface area contributed by atoms with Gasteiger partial charge in [-0.15, -0.1) is 0 Å². The maximum atomic E-state index is 2.66. The van der Waals surface area contributed by atoms with Crippen LogP contribution in [0.4, 0.5) is 34.1 Å². The van der Waals surface area contributed by atoms with Crippen molar-refractivity contribution in [2.45, 2.75) is 51.5 Å². The standard InChI is InChI=1S/C60H48N4/c1-37(2)39-21-25-43(26-22-39)61(41-13-7-5-8-14-41)45-29-31-47-49-17-11-19-51-53-36-58-54(35-57(53)63(59(49)51)55(47)33-45)52-20-12-18-50-48-32-30-46(34-56(48)64(58)60(50)52)62(42-15-9-6-10-16-42)44-27-23-40(24-28-44)38(3)4/h5-38,53,57H,1-4H3/t53?,57-/m0/s1. The highest BCUT2D eigenvalue weighted by atomic mass is 15.2. The average molecular weight is 825 g/mol. The van der Waals surface area contributed by atoms with Gasteiger partial charge in [0.05, 0.1) is 33.5 Å². The Kier molecular flexibility index (Phi) is 8.09. The summed E-state index contributed by atoms with van der Waals surface area (Å²) in [6, 6.07) is 68.0. The normalized spacial score (nSPS) is 15.4. The number of rotatable bonds is 8. The number of para-hydroxylation sites is 4. The van der Waals surface area contributed by atoms with Gasteiger partial charge in [-0.3, -0.25) is 0 Å². The summed E-state index contributed by atoms with van der Waals surface area (Å²) in [5.41, 5.74) is 16.2. The zero-order chi connectivity index (χ0) is 42.8. The quantitative estimate of drug-likeness (QED) is 0.152. The third-order valence-corrected chi connectivity index (χ3v) is 14.3. The summed E-state index contributed by atoms with van der Waals surface area (Å²) in [5, 5.41) is 9.14. The average Bonchev–Trinajstić information content (AvgIpc) is 4.05. The predicted octanol–water partition coefficient (Wildman–Crippen LogP) is 14.9. The van der Waals surface area contributed by atoms with Crippen LogP contribution in [-0.4, -0.2) is 8.97 Å². The first-order chi connectivity index (χ1) is 31.4. The number of fused-ring (bicyclic) bond motifs is 12. The van der Waals surface area contributed by atoms with E-state index in [0.717, 1.165) is 34.1 Å². The van der Waals surface area contributed by atoms with Crippen LogP contribution in [0, 0.1) is 0 Å². The van der Waals surface area contributed by atoms with Gasteiger partial charge in [-0.25, -0.2) is 0 Å². The van der Waals surface area contributed by atoms with Crippen LogP contribution >= 0.6 is 0 Å². The Morgan fingerprint density at radius 2 is 0.891 bits per heavy atom. The molecule has 4 heteroatoms. The first kappa shape index (κ1) is 37.0. The van der Waals surface area contributed by atoms with E-state index in [4.69, 9.17) is 0 Å². The summed E-state index contributed by atoms with van der Waals surface area (Å²) in [4.78, 5) is 4.81. The zero-order valence-corrected chi connectivity index (χ0v) is 36.6. The minimum atomic E-state index is 0.144. The molecule has 0 saturated heterocycles. The lowest BCUT2D eigenvalue weighted by Crippen LogP contribution is -2.32. The van der Waals surface area contributed by atoms with E-state index in [2.05, 4.69) is 241 Å². The van der Waals surface area contributed by atoms with E-state index >= 15 is 0 Å². The van der Waals surface area contributed by atoms with E-state index in [-0.39, 0.29) is 12.0 Å². The molecular formula is C60H48N4. The maximum absolute atomic E-state index is 2.66. The van der Waals surface area contributed by atoms with Crippen molar-refractivity contribution in [3.05, 3.63) is 209 Å². The molecule has 1 aliphatic heterocycles. The molecule has 0 amide bonds. The summed E-state index contributed by atoms with van der Waals surface area (Å²) < 4.78 is 5.23. The number of hydrogen-bond acceptors (Lipinski definition) is 2. The number of aromatic nitrogens is 2. The molecule has 308 valence electrons. The Balaban J connectivity index is 1.00. The molecule has 2 atom stereocenters. The predicted molar refractivity (Wildman–Crippen MR) is 271 cm³/mol. The lowest BCUT2D eigenvalue weighted by molar-refractivity contribution is 0.663. The molecule has 4 heterocycles. The van der Waals surface area contributed by atoms with Gasteiger partial charge in [-0.1, -0.05) is 143 Å². The molecule has 2 aliphatic rings. The first-order valence-electron chi connectivity index (χ1n) is 22.9. The van der Waals surface area contributed by atoms with Gasteiger partial charge in [0.15, 0.2) is 0 Å². The molecule has 8 aromatic carbocycles. The summed E-state index contributed by atoms with van der Waals surface area (Å²) in [7, 11) is 0. The molecule has 1 unspecified atom stereocenters. The lowest BCUT2D eigenvalue weighted by atomic mass is 9.89. The Morgan fingerprint density at radius 1 is 0.406 bits per heavy atom. The summed E-state index contributed by atoms with van der Waals surface area (Å²) in [6.45, 7) is 9.03. The second-order valence-corrected chi connectivity index (χ2v) is 18.5. The van der Waals surface area contributed by atoms with Gasteiger partial charge >= 0.3 is 0 Å². The van der Waals surface area contributed by atoms with E-state index in [9.17, 15) is 0 Å². The molecule has 4 nitrogen and oxygen atoms in total. The molecule has 3 aromatic heterocycles. The fourth-order valence-corrected chi connectivity index (χ4v) is 11.2. The minimum absolute atomic E-state index is 0.144. The lowest BCUT2D eigenvalue weighted by Gasteiger charge is -2.26. The second-order valence-electron chi connectivity index (χ2n) is 18.5. The highest BCUT2D eigenvalue weighted by Crippen LogP contribution is 2.50. The second kappa shape index (κ2) is 14.0. The molecule has 0 radical (unpaired) electrons. The molecule has 0 N–H and O–H groups in total. The van der Waals surface area contributed by atoms with Crippen molar-refractivity contribution in [2.75, 3.05) is 9.80 Å². The molecule has 13 rings (SSSR count). The van der Waals surface area contributed by atoms with Gasteiger partial charge in [0.1, 0.15) is 0 Å². The molecular weight excluding hydrogens is 777 g/mol. The minimum Gasteiger partial charge on any atom is -0.332 e. The molecule has 11 aromatic rings. The summed E-state index contributed by atoms with van der Waals surface area (Å²) >= 11 is 0. The number of anilines is 6. The van der Waals surface area contributed by atoms with Crippen molar-refractivity contribution in [1.29, 1.82) is 0 Å². The van der Waals surface area contributed by atoms with Crippen LogP contribution in [0.25, 0.3) is 61.1 Å². The van der Waals surface area contributed by atoms with Gasteiger partial charge in [0, 0.05) is 72.2 Å². The summed E-state index contributed by atoms with van der Waals surface area (Å²) in [6.07, 6.45) is 5.18. The highest BCUT2D eigenvalue weighted by molar-refractivity contribution is 6.16. The molecule has 1 aliphatic carbocycles. The van der Waals surface area contributed by atoms with Crippen LogP contribution < -0.4 is 20.4 Å². The van der Waals surface area contributed by atoms with Crippen LogP contribution in [0.2, 0.25) is 0 Å². The maximum Gasteiger partial charge on any atom is 0.0637 e. The van der Waals surface area contributed by atoms with E-state index < -0.39 is 0 Å². The van der Waals surface area contributed by atoms with Gasteiger partial charge in [0.2, 0.25) is 0 Å². The number of benzene rings is 8. The molecule has 0 fully saturated rings. The fourth-order valence-electron chi connectivity index (χ4n) is 11.2. The van der Waals surface area contributed by atoms with Crippen molar-refractivity contribution in [3.8, 4) is 0 Å². The van der Waals surface area contributed by atoms with Gasteiger partial charge in [-0.05, 0) is 107 Å². The van der Waals surface area contributed by atoms with E-state index in [1.54, 1.807) is 0 Å². The first-order valence-corrected chi connectivity index (χ1v) is 22.9. The van der Waals surface area contributed by atoms with E-state index in [1.807, 2.05) is 0 Å². The van der Waals surface area contributed by atoms with Gasteiger partial charge in [-0.2, -0.15) is 0 Å². The van der Waals surface area contributed by atoms with Crippen molar-refractivity contribution in [1.82, 2.24) is 8.97 Å². The highest BCUT2D eigenvalue weighted by Gasteiger charge is 2.36. The van der Waals surface area contributed by atoms with E-state index in [1.165, 1.54) is 76.3 Å². The Morgan fingerprint density at radius 3 is 1.47 bits per heavy atom. The summed E-state index contributed by atoms with van der Waals surface area (Å²) in [5.74, 6) is 1.15. The van der Waals surface area contributed by atoms with Crippen molar-refractivity contribution in [3.63, 3.8) is 0 Å². The fraction of sp³-hybridized carbons (Fsp3) is 0.133. The third-order valence-electron chi connectivity index (χ3n) is 14.3. The van der Waals surface area contributed by atoms with Crippen LogP contribution in [0.1, 0.15) is 68.2 Å². The van der Waals surface area contributed by atoms with Crippen LogP contribution in [0.3, 0.4) is 0 Å². The van der Waals surface area contributed by atoms with Crippen LogP contribution in [0.5, 0.6) is 0 Å². The van der Waals surface area contributed by atoms with Crippen molar-refractivity contribution >= 4 is 95.3 Å². The molecule has 0 bridgehead atoms. The monoisotopic (exact) mass is 824 g/mol. The Bertz CT molecular complexity index is 3730. The largest absolute Gasteiger partial charge is 0.332 e. The van der Waals surface area contributed by atoms with Crippen LogP contribution in [0.15, 0.2) is 182 Å². The molecule has 64 heavy (non-hydrogen) atoms. The topological polar surface area (TPSA) is 15.8 Å². The Labute approximate surface area is 373 Å². The molecule has 0 spiro atoms. The number of hydrogen-bond donors (Lipinski definition) is 0. The van der Waals surface area contributed by atoms with E-state index in [0.29, 0.717) is 11.8 Å². The molecule has 0 saturated carbocycles. The van der Waals surface area contributed by atoms with Crippen LogP contribution in [-0.2, 0) is 0 Å². The smallest absolute Gasteiger partial charge is 0.0637 e.